The van der Waals surface area contributed by atoms with Crippen LogP contribution in [0.1, 0.15) is 48.3 Å². The van der Waals surface area contributed by atoms with Gasteiger partial charge in [-0.1, -0.05) is 38.1 Å². The predicted molar refractivity (Wildman–Crippen MR) is 108 cm³/mol. The van der Waals surface area contributed by atoms with Crippen LogP contribution in [0.4, 0.5) is 4.39 Å². The molecule has 1 amide bonds. The molecule has 6 heteroatoms. The van der Waals surface area contributed by atoms with E-state index >= 15 is 0 Å². The zero-order valence-electron chi connectivity index (χ0n) is 16.2. The van der Waals surface area contributed by atoms with E-state index in [0.29, 0.717) is 30.6 Å². The van der Waals surface area contributed by atoms with E-state index in [1.54, 1.807) is 29.2 Å². The maximum Gasteiger partial charge on any atom is 0.272 e. The van der Waals surface area contributed by atoms with Crippen molar-refractivity contribution in [1.29, 1.82) is 0 Å². The van der Waals surface area contributed by atoms with Gasteiger partial charge in [0.2, 0.25) is 0 Å². The Morgan fingerprint density at radius 1 is 1.07 bits per heavy atom. The fourth-order valence-corrected chi connectivity index (χ4v) is 3.37. The molecule has 146 valence electrons. The molecule has 2 aromatic carbocycles. The molecule has 0 fully saturated rings. The summed E-state index contributed by atoms with van der Waals surface area (Å²) >= 11 is 0. The number of carbonyl (C=O) groups excluding carboxylic acids is 1. The highest BCUT2D eigenvalue weighted by atomic mass is 19.1. The topological polar surface area (TPSA) is 66.1 Å². The lowest BCUT2D eigenvalue weighted by Crippen LogP contribution is -2.33. The molecular formula is C22H24FN3O2. The van der Waals surface area contributed by atoms with Gasteiger partial charge in [0.1, 0.15) is 5.82 Å². The fraction of sp³-hybridized carbons (Fsp3) is 0.318. The largest absolute Gasteiger partial charge is 0.339 e. The van der Waals surface area contributed by atoms with Crippen LogP contribution in [0.15, 0.2) is 47.3 Å². The molecular weight excluding hydrogens is 357 g/mol. The molecule has 0 radical (unpaired) electrons. The maximum absolute atomic E-state index is 14.4. The Morgan fingerprint density at radius 3 is 2.43 bits per heavy atom. The lowest BCUT2D eigenvalue weighted by atomic mass is 10.0. The van der Waals surface area contributed by atoms with Crippen LogP contribution in [0, 0.1) is 5.82 Å². The van der Waals surface area contributed by atoms with Crippen molar-refractivity contribution in [1.82, 2.24) is 15.1 Å². The molecule has 0 saturated heterocycles. The lowest BCUT2D eigenvalue weighted by molar-refractivity contribution is 0.0750. The third-order valence-electron chi connectivity index (χ3n) is 4.68. The summed E-state index contributed by atoms with van der Waals surface area (Å²) in [5.41, 5.74) is 1.28. The molecule has 0 saturated carbocycles. The Bertz CT molecular complexity index is 1040. The van der Waals surface area contributed by atoms with Crippen LogP contribution in [-0.4, -0.2) is 34.1 Å². The summed E-state index contributed by atoms with van der Waals surface area (Å²) in [5, 5.41) is 7.99. The van der Waals surface area contributed by atoms with Crippen LogP contribution in [0.2, 0.25) is 0 Å². The standard InChI is InChI=1S/C22H24FN3O2/c1-3-11-26(12-4-2)22(28)18-13-15(9-10-19(18)23)14-20-16-7-5-6-8-17(16)21(27)25-24-20/h5-10,13H,3-4,11-12,14H2,1-2H3,(H,25,27). The van der Waals surface area contributed by atoms with Gasteiger partial charge in [0.15, 0.2) is 0 Å². The number of benzene rings is 2. The molecule has 1 aromatic heterocycles. The summed E-state index contributed by atoms with van der Waals surface area (Å²) in [6.07, 6.45) is 2.03. The lowest BCUT2D eigenvalue weighted by Gasteiger charge is -2.22. The van der Waals surface area contributed by atoms with Crippen LogP contribution < -0.4 is 5.56 Å². The molecule has 1 N–H and O–H groups in total. The van der Waals surface area contributed by atoms with Crippen LogP contribution in [-0.2, 0) is 6.42 Å². The first kappa shape index (κ1) is 19.7. The van der Waals surface area contributed by atoms with Crippen LogP contribution in [0.3, 0.4) is 0 Å². The number of aromatic amines is 1. The Balaban J connectivity index is 1.95. The highest BCUT2D eigenvalue weighted by Crippen LogP contribution is 2.19. The van der Waals surface area contributed by atoms with Gasteiger partial charge < -0.3 is 4.90 Å². The molecule has 5 nitrogen and oxygen atoms in total. The van der Waals surface area contributed by atoms with E-state index < -0.39 is 5.82 Å². The molecule has 28 heavy (non-hydrogen) atoms. The van der Waals surface area contributed by atoms with Crippen LogP contribution in [0.5, 0.6) is 0 Å². The molecule has 0 atom stereocenters. The molecule has 3 aromatic rings. The van der Waals surface area contributed by atoms with Crippen molar-refractivity contribution < 1.29 is 9.18 Å². The highest BCUT2D eigenvalue weighted by Gasteiger charge is 2.19. The van der Waals surface area contributed by atoms with Gasteiger partial charge in [-0.3, -0.25) is 9.59 Å². The SMILES string of the molecule is CCCN(CCC)C(=O)c1cc(Cc2n[nH]c(=O)c3ccccc23)ccc1F. The van der Waals surface area contributed by atoms with Crippen molar-refractivity contribution in [2.24, 2.45) is 0 Å². The van der Waals surface area contributed by atoms with Gasteiger partial charge in [0.05, 0.1) is 16.6 Å². The molecule has 3 rings (SSSR count). The monoisotopic (exact) mass is 381 g/mol. The number of hydrogen-bond donors (Lipinski definition) is 1. The third kappa shape index (κ3) is 4.11. The zero-order valence-corrected chi connectivity index (χ0v) is 16.2. The Labute approximate surface area is 163 Å². The van der Waals surface area contributed by atoms with Gasteiger partial charge in [-0.25, -0.2) is 9.49 Å². The molecule has 0 bridgehead atoms. The van der Waals surface area contributed by atoms with Gasteiger partial charge in [0, 0.05) is 24.9 Å². The number of H-pyrrole nitrogens is 1. The smallest absolute Gasteiger partial charge is 0.272 e. The number of aromatic nitrogens is 2. The Morgan fingerprint density at radius 2 is 1.75 bits per heavy atom. The highest BCUT2D eigenvalue weighted by molar-refractivity contribution is 5.94. The second kappa shape index (κ2) is 8.78. The molecule has 0 aliphatic carbocycles. The van der Waals surface area contributed by atoms with E-state index in [9.17, 15) is 14.0 Å². The average molecular weight is 381 g/mol. The minimum Gasteiger partial charge on any atom is -0.339 e. The first-order valence-electron chi connectivity index (χ1n) is 9.59. The van der Waals surface area contributed by atoms with Gasteiger partial charge in [-0.2, -0.15) is 5.10 Å². The van der Waals surface area contributed by atoms with Crippen molar-refractivity contribution >= 4 is 16.7 Å². The maximum atomic E-state index is 14.4. The van der Waals surface area contributed by atoms with Gasteiger partial charge >= 0.3 is 0 Å². The van der Waals surface area contributed by atoms with Crippen molar-refractivity contribution in [2.45, 2.75) is 33.1 Å². The molecule has 0 aliphatic rings. The normalized spacial score (nSPS) is 11.0. The van der Waals surface area contributed by atoms with Crippen molar-refractivity contribution in [3.05, 3.63) is 75.5 Å². The number of hydrogen-bond acceptors (Lipinski definition) is 3. The number of carbonyl (C=O) groups is 1. The van der Waals surface area contributed by atoms with Gasteiger partial charge in [-0.15, -0.1) is 0 Å². The Kier molecular flexibility index (Phi) is 6.19. The van der Waals surface area contributed by atoms with E-state index in [1.165, 1.54) is 6.07 Å². The van der Waals surface area contributed by atoms with Crippen LogP contribution in [0.25, 0.3) is 10.8 Å². The Hall–Kier alpha value is -3.02. The van der Waals surface area contributed by atoms with Gasteiger partial charge in [0.25, 0.3) is 11.5 Å². The second-order valence-electron chi connectivity index (χ2n) is 6.83. The number of halogens is 1. The van der Waals surface area contributed by atoms with Gasteiger partial charge in [-0.05, 0) is 36.6 Å². The third-order valence-corrected chi connectivity index (χ3v) is 4.68. The fourth-order valence-electron chi connectivity index (χ4n) is 3.37. The molecule has 0 aliphatic heterocycles. The molecule has 0 spiro atoms. The first-order chi connectivity index (χ1) is 13.5. The van der Waals surface area contributed by atoms with Crippen molar-refractivity contribution in [2.75, 3.05) is 13.1 Å². The summed E-state index contributed by atoms with van der Waals surface area (Å²) in [6.45, 7) is 5.19. The van der Waals surface area contributed by atoms with E-state index in [4.69, 9.17) is 0 Å². The number of fused-ring (bicyclic) bond motifs is 1. The van der Waals surface area contributed by atoms with Crippen molar-refractivity contribution in [3.8, 4) is 0 Å². The second-order valence-corrected chi connectivity index (χ2v) is 6.83. The van der Waals surface area contributed by atoms with E-state index in [-0.39, 0.29) is 17.0 Å². The molecule has 1 heterocycles. The zero-order chi connectivity index (χ0) is 20.1. The molecule has 0 unspecified atom stereocenters. The quantitative estimate of drug-likeness (QED) is 0.675. The van der Waals surface area contributed by atoms with E-state index in [0.717, 1.165) is 23.8 Å². The summed E-state index contributed by atoms with van der Waals surface area (Å²) in [7, 11) is 0. The minimum atomic E-state index is -0.523. The predicted octanol–water partition coefficient (Wildman–Crippen LogP) is 3.92. The summed E-state index contributed by atoms with van der Waals surface area (Å²) in [4.78, 5) is 26.5. The van der Waals surface area contributed by atoms with E-state index in [2.05, 4.69) is 10.2 Å². The van der Waals surface area contributed by atoms with Crippen LogP contribution >= 0.6 is 0 Å². The number of nitrogens with zero attached hydrogens (tertiary/aromatic N) is 2. The summed E-state index contributed by atoms with van der Waals surface area (Å²) in [5.74, 6) is -0.812. The van der Waals surface area contributed by atoms with E-state index in [1.807, 2.05) is 26.0 Å². The summed E-state index contributed by atoms with van der Waals surface area (Å²) < 4.78 is 14.4. The van der Waals surface area contributed by atoms with Crippen molar-refractivity contribution in [3.63, 3.8) is 0 Å². The average Bonchev–Trinajstić information content (AvgIpc) is 2.71. The number of amides is 1. The number of rotatable bonds is 7. The minimum absolute atomic E-state index is 0.0770. The summed E-state index contributed by atoms with van der Waals surface area (Å²) in [6, 6.07) is 11.8. The number of nitrogens with one attached hydrogen (secondary N) is 1. The first-order valence-corrected chi connectivity index (χ1v) is 9.59.